The molecular weight excluding hydrogens is 916 g/mol. The van der Waals surface area contributed by atoms with Gasteiger partial charge in [-0.3, -0.25) is 9.97 Å². The van der Waals surface area contributed by atoms with E-state index in [1.54, 1.807) is 0 Å². The van der Waals surface area contributed by atoms with Crippen molar-refractivity contribution in [3.8, 4) is 72.9 Å². The maximum atomic E-state index is 11.6. The number of nitrogens with zero attached hydrogens (tertiary/aromatic N) is 2. The smallest absolute Gasteiger partial charge is 0.143 e. The van der Waals surface area contributed by atoms with Crippen LogP contribution in [0.2, 0.25) is 0 Å². The molecule has 3 heterocycles. The van der Waals surface area contributed by atoms with E-state index in [9.17, 15) is 5.11 Å². The zero-order valence-electron chi connectivity index (χ0n) is 35.0. The van der Waals surface area contributed by atoms with E-state index in [4.69, 9.17) is 14.4 Å². The van der Waals surface area contributed by atoms with Gasteiger partial charge in [0.2, 0.25) is 0 Å². The van der Waals surface area contributed by atoms with E-state index >= 15 is 0 Å². The number of pyridine rings is 2. The molecule has 0 radical (unpaired) electrons. The molecule has 0 fully saturated rings. The number of hydrogen-bond donors (Lipinski definition) is 1. The van der Waals surface area contributed by atoms with Crippen molar-refractivity contribution >= 4 is 21.9 Å². The number of phenolic OH excluding ortho intramolecular Hbond substituents is 1. The minimum Gasteiger partial charge on any atom is -0.507 e. The number of furan rings is 1. The Morgan fingerprint density at radius 3 is 1.78 bits per heavy atom. The summed E-state index contributed by atoms with van der Waals surface area (Å²) in [5.41, 5.74) is 15.8. The summed E-state index contributed by atoms with van der Waals surface area (Å²) < 4.78 is 6.43. The van der Waals surface area contributed by atoms with Gasteiger partial charge in [-0.15, -0.1) is 24.3 Å². The third-order valence-electron chi connectivity index (χ3n) is 11.2. The fraction of sp³-hybridized carbons (Fsp3) is 0.164. The molecule has 9 aromatic rings. The molecule has 0 bridgehead atoms. The minimum atomic E-state index is -0.0576. The van der Waals surface area contributed by atoms with Crippen molar-refractivity contribution in [1.29, 1.82) is 0 Å². The first-order chi connectivity index (χ1) is 28.3. The van der Waals surface area contributed by atoms with E-state index in [0.717, 1.165) is 83.5 Å². The Balaban J connectivity index is 0.00000499. The molecule has 0 spiro atoms. The van der Waals surface area contributed by atoms with Crippen LogP contribution in [0.15, 0.2) is 156 Å². The predicted octanol–water partition coefficient (Wildman–Crippen LogP) is 14.8. The van der Waals surface area contributed by atoms with E-state index < -0.39 is 0 Å². The van der Waals surface area contributed by atoms with Crippen molar-refractivity contribution in [3.05, 3.63) is 175 Å². The Hall–Kier alpha value is -6.09. The van der Waals surface area contributed by atoms with Gasteiger partial charge in [0, 0.05) is 60.0 Å². The van der Waals surface area contributed by atoms with Crippen LogP contribution in [-0.4, -0.2) is 15.1 Å². The van der Waals surface area contributed by atoms with E-state index in [0.29, 0.717) is 11.3 Å². The maximum Gasteiger partial charge on any atom is 0.143 e. The Morgan fingerprint density at radius 1 is 0.483 bits per heavy atom. The topological polar surface area (TPSA) is 59.2 Å². The third-order valence-corrected chi connectivity index (χ3v) is 11.2. The van der Waals surface area contributed by atoms with Gasteiger partial charge >= 0.3 is 0 Å². The number of aromatic hydroxyl groups is 1. The first-order valence-electron chi connectivity index (χ1n) is 20.3. The first kappa shape index (κ1) is 40.7. The second-order valence-corrected chi connectivity index (χ2v) is 17.7. The van der Waals surface area contributed by atoms with Crippen LogP contribution in [0.1, 0.15) is 58.4 Å². The van der Waals surface area contributed by atoms with Gasteiger partial charge in [0.15, 0.2) is 0 Å². The first-order valence-corrected chi connectivity index (χ1v) is 20.3. The molecule has 9 rings (SSSR count). The summed E-state index contributed by atoms with van der Waals surface area (Å²) in [5.74, 6) is 0.175. The van der Waals surface area contributed by atoms with Gasteiger partial charge in [0.1, 0.15) is 16.9 Å². The predicted molar refractivity (Wildman–Crippen MR) is 245 cm³/mol. The SMILES string of the molecule is Cc1cc(-c2cccc3c2oc2ccccc23)cc(-c2[c-]c(-c3cc(-c4cc(C(C)(C)C)cc(C(C)(C)C)c4)cc(-c4ccc(-c5ccccc5)cc4O)n3)ccc2)n1.[Pt]. The Labute approximate surface area is 367 Å². The van der Waals surface area contributed by atoms with Gasteiger partial charge in [0.25, 0.3) is 0 Å². The standard InChI is InChI=1S/C55H47N2O2.Pt/c1-34-25-41(44-20-14-21-46-45-19-11-12-22-52(45)59-53(44)46)31-48(56-34)37-17-13-18-38(26-37)49-29-40(39-27-42(54(2,3)4)33-43(28-39)55(5,6)7)30-50(57-49)47-24-23-36(32-51(47)58)35-15-9-8-10-16-35;/h8-25,27-33,58H,1-7H3;/q-1;. The molecule has 0 atom stereocenters. The van der Waals surface area contributed by atoms with E-state index in [1.807, 2.05) is 61.5 Å². The Kier molecular flexibility index (Phi) is 10.7. The largest absolute Gasteiger partial charge is 0.507 e. The van der Waals surface area contributed by atoms with Crippen LogP contribution in [0, 0.1) is 13.0 Å². The van der Waals surface area contributed by atoms with Crippen LogP contribution < -0.4 is 0 Å². The fourth-order valence-corrected chi connectivity index (χ4v) is 7.90. The number of rotatable bonds is 6. The molecule has 4 nitrogen and oxygen atoms in total. The summed E-state index contributed by atoms with van der Waals surface area (Å²) in [6, 6.07) is 55.8. The van der Waals surface area contributed by atoms with Gasteiger partial charge < -0.3 is 9.52 Å². The summed E-state index contributed by atoms with van der Waals surface area (Å²) in [6.07, 6.45) is 0. The number of fused-ring (bicyclic) bond motifs is 3. The molecule has 0 aliphatic carbocycles. The normalized spacial score (nSPS) is 11.8. The summed E-state index contributed by atoms with van der Waals surface area (Å²) >= 11 is 0. The average molecular weight is 963 g/mol. The van der Waals surface area contributed by atoms with Crippen LogP contribution in [0.4, 0.5) is 0 Å². The van der Waals surface area contributed by atoms with E-state index in [2.05, 4.69) is 145 Å². The van der Waals surface area contributed by atoms with Crippen LogP contribution in [-0.2, 0) is 31.9 Å². The average Bonchev–Trinajstić information content (AvgIpc) is 3.62. The van der Waals surface area contributed by atoms with Gasteiger partial charge in [-0.25, -0.2) is 0 Å². The maximum absolute atomic E-state index is 11.6. The number of aromatic nitrogens is 2. The molecule has 0 saturated carbocycles. The fourth-order valence-electron chi connectivity index (χ4n) is 7.90. The monoisotopic (exact) mass is 962 g/mol. The number of para-hydroxylation sites is 2. The molecule has 0 saturated heterocycles. The number of hydrogen-bond acceptors (Lipinski definition) is 4. The summed E-state index contributed by atoms with van der Waals surface area (Å²) in [6.45, 7) is 15.6. The second kappa shape index (κ2) is 15.8. The number of benzene rings is 6. The Bertz CT molecular complexity index is 3010. The van der Waals surface area contributed by atoms with Gasteiger partial charge in [-0.2, -0.15) is 0 Å². The molecule has 0 amide bonds. The van der Waals surface area contributed by atoms with Crippen LogP contribution in [0.5, 0.6) is 5.75 Å². The van der Waals surface area contributed by atoms with Crippen molar-refractivity contribution in [2.24, 2.45) is 0 Å². The van der Waals surface area contributed by atoms with Gasteiger partial charge in [0.05, 0.1) is 5.69 Å². The molecule has 60 heavy (non-hydrogen) atoms. The van der Waals surface area contributed by atoms with Gasteiger partial charge in [-0.05, 0) is 87.0 Å². The van der Waals surface area contributed by atoms with Crippen molar-refractivity contribution < 1.29 is 30.6 Å². The molecular formula is C55H47N2O2Pt-. The summed E-state index contributed by atoms with van der Waals surface area (Å²) in [4.78, 5) is 10.3. The molecule has 0 aliphatic rings. The quantitative estimate of drug-likeness (QED) is 0.169. The number of phenols is 1. The second-order valence-electron chi connectivity index (χ2n) is 17.7. The molecule has 0 unspecified atom stereocenters. The van der Waals surface area contributed by atoms with E-state index in [-0.39, 0.29) is 37.6 Å². The Morgan fingerprint density at radius 2 is 1.08 bits per heavy atom. The molecule has 0 aliphatic heterocycles. The molecule has 6 aromatic carbocycles. The summed E-state index contributed by atoms with van der Waals surface area (Å²) in [5, 5.41) is 13.8. The third kappa shape index (κ3) is 7.97. The molecule has 3 aromatic heterocycles. The van der Waals surface area contributed by atoms with Crippen molar-refractivity contribution in [1.82, 2.24) is 9.97 Å². The van der Waals surface area contributed by atoms with Crippen LogP contribution in [0.3, 0.4) is 0 Å². The zero-order chi connectivity index (χ0) is 41.1. The zero-order valence-corrected chi connectivity index (χ0v) is 37.3. The van der Waals surface area contributed by atoms with Crippen molar-refractivity contribution in [3.63, 3.8) is 0 Å². The van der Waals surface area contributed by atoms with Crippen molar-refractivity contribution in [2.45, 2.75) is 59.3 Å². The molecule has 5 heteroatoms. The summed E-state index contributed by atoms with van der Waals surface area (Å²) in [7, 11) is 0. The minimum absolute atomic E-state index is 0. The van der Waals surface area contributed by atoms with Crippen LogP contribution in [0.25, 0.3) is 89.1 Å². The molecule has 1 N–H and O–H groups in total. The van der Waals surface area contributed by atoms with E-state index in [1.165, 1.54) is 11.1 Å². The van der Waals surface area contributed by atoms with Gasteiger partial charge in [-0.1, -0.05) is 156 Å². The van der Waals surface area contributed by atoms with Crippen LogP contribution >= 0.6 is 0 Å². The molecule has 300 valence electrons. The van der Waals surface area contributed by atoms with Crippen molar-refractivity contribution in [2.75, 3.05) is 0 Å². The number of aryl methyl sites for hydroxylation is 1.